The maximum absolute atomic E-state index is 13.9. The van der Waals surface area contributed by atoms with Gasteiger partial charge >= 0.3 is 0 Å². The fourth-order valence-electron chi connectivity index (χ4n) is 5.12. The Morgan fingerprint density at radius 1 is 0.946 bits per heavy atom. The summed E-state index contributed by atoms with van der Waals surface area (Å²) in [5.41, 5.74) is 2.20. The summed E-state index contributed by atoms with van der Waals surface area (Å²) >= 11 is 12.7. The van der Waals surface area contributed by atoms with Gasteiger partial charge < -0.3 is 4.90 Å². The number of hydrogen-bond acceptors (Lipinski definition) is 4. The Morgan fingerprint density at radius 2 is 1.68 bits per heavy atom. The third-order valence-corrected chi connectivity index (χ3v) is 7.15. The number of nitrogens with zero attached hydrogens (tertiary/aromatic N) is 4. The van der Waals surface area contributed by atoms with Crippen molar-refractivity contribution < 1.29 is 0 Å². The van der Waals surface area contributed by atoms with Crippen LogP contribution < -0.4 is 5.56 Å². The molecule has 3 aromatic carbocycles. The van der Waals surface area contributed by atoms with E-state index in [-0.39, 0.29) is 23.1 Å². The number of hydrogen-bond donors (Lipinski definition) is 0. The van der Waals surface area contributed by atoms with Crippen molar-refractivity contribution in [1.29, 1.82) is 0 Å². The quantitative estimate of drug-likeness (QED) is 0.269. The first-order valence-electron chi connectivity index (χ1n) is 12.5. The Balaban J connectivity index is 1.73. The van der Waals surface area contributed by atoms with E-state index >= 15 is 0 Å². The summed E-state index contributed by atoms with van der Waals surface area (Å²) < 4.78 is 1.82. The lowest BCUT2D eigenvalue weighted by Gasteiger charge is -2.35. The summed E-state index contributed by atoms with van der Waals surface area (Å²) in [5, 5.41) is 1.76. The number of fused-ring (bicyclic) bond motifs is 1. The molecular weight excluding hydrogens is 503 g/mol. The van der Waals surface area contributed by atoms with Crippen molar-refractivity contribution in [3.8, 4) is 0 Å². The van der Waals surface area contributed by atoms with E-state index < -0.39 is 0 Å². The second-order valence-corrected chi connectivity index (χ2v) is 11.5. The molecule has 1 aliphatic rings. The normalized spacial score (nSPS) is 15.9. The lowest BCUT2D eigenvalue weighted by atomic mass is 9.98. The molecule has 0 fully saturated rings. The molecule has 5 rings (SSSR count). The van der Waals surface area contributed by atoms with Crippen molar-refractivity contribution in [3.63, 3.8) is 0 Å². The van der Waals surface area contributed by atoms with Gasteiger partial charge in [0.1, 0.15) is 11.7 Å². The van der Waals surface area contributed by atoms with Gasteiger partial charge in [0.05, 0.1) is 29.0 Å². The molecule has 1 aromatic heterocycles. The van der Waals surface area contributed by atoms with E-state index in [1.165, 1.54) is 0 Å². The summed E-state index contributed by atoms with van der Waals surface area (Å²) in [5.74, 6) is 1.69. The standard InChI is InChI=1S/C30H30Cl2N4O/c1-19(2)26(36-18-30(3,4)34-27(36)21-11-8-12-22(31)15-21)28-33-25-16-23(32)13-14-24(25)29(37)35(28)17-20-9-6-5-7-10-20/h5-16,19,26H,17-18H2,1-4H3. The molecule has 0 amide bonds. The minimum absolute atomic E-state index is 0.0779. The molecule has 190 valence electrons. The molecule has 37 heavy (non-hydrogen) atoms. The summed E-state index contributed by atoms with van der Waals surface area (Å²) in [6.07, 6.45) is 0. The third kappa shape index (κ3) is 5.16. The molecule has 0 radical (unpaired) electrons. The molecule has 0 N–H and O–H groups in total. The zero-order valence-corrected chi connectivity index (χ0v) is 23.0. The number of aromatic nitrogens is 2. The van der Waals surface area contributed by atoms with Gasteiger partial charge in [0.2, 0.25) is 0 Å². The highest BCUT2D eigenvalue weighted by Gasteiger charge is 2.39. The molecule has 7 heteroatoms. The smallest absolute Gasteiger partial charge is 0.261 e. The predicted octanol–water partition coefficient (Wildman–Crippen LogP) is 6.99. The fourth-order valence-corrected chi connectivity index (χ4v) is 5.48. The topological polar surface area (TPSA) is 50.5 Å². The first-order valence-corrected chi connectivity index (χ1v) is 13.2. The summed E-state index contributed by atoms with van der Waals surface area (Å²) in [4.78, 5) is 26.4. The van der Waals surface area contributed by atoms with Crippen LogP contribution in [0.25, 0.3) is 10.9 Å². The van der Waals surface area contributed by atoms with Crippen LogP contribution in [0.1, 0.15) is 50.7 Å². The monoisotopic (exact) mass is 532 g/mol. The molecule has 0 aliphatic carbocycles. The van der Waals surface area contributed by atoms with Crippen molar-refractivity contribution >= 4 is 39.9 Å². The van der Waals surface area contributed by atoms with Crippen LogP contribution in [0.15, 0.2) is 82.6 Å². The second kappa shape index (κ2) is 9.96. The van der Waals surface area contributed by atoms with E-state index in [9.17, 15) is 4.79 Å². The molecule has 0 saturated heterocycles. The Labute approximate surface area is 227 Å². The van der Waals surface area contributed by atoms with Crippen LogP contribution in [0.4, 0.5) is 0 Å². The van der Waals surface area contributed by atoms with Gasteiger partial charge in [-0.3, -0.25) is 14.4 Å². The van der Waals surface area contributed by atoms with Crippen molar-refractivity contribution in [2.75, 3.05) is 6.54 Å². The van der Waals surface area contributed by atoms with Gasteiger partial charge in [-0.05, 0) is 55.7 Å². The van der Waals surface area contributed by atoms with Crippen LogP contribution in [0.2, 0.25) is 10.0 Å². The van der Waals surface area contributed by atoms with E-state index in [1.807, 2.05) is 59.2 Å². The molecule has 0 saturated carbocycles. The summed E-state index contributed by atoms with van der Waals surface area (Å²) in [6, 6.07) is 22.9. The lowest BCUT2D eigenvalue weighted by molar-refractivity contribution is 0.225. The predicted molar refractivity (Wildman–Crippen MR) is 153 cm³/mol. The van der Waals surface area contributed by atoms with Crippen molar-refractivity contribution in [2.45, 2.75) is 45.8 Å². The Bertz CT molecular complexity index is 1540. The third-order valence-electron chi connectivity index (χ3n) is 6.68. The van der Waals surface area contributed by atoms with Crippen molar-refractivity contribution in [1.82, 2.24) is 14.5 Å². The fraction of sp³-hybridized carbons (Fsp3) is 0.300. The van der Waals surface area contributed by atoms with Gasteiger partial charge in [0, 0.05) is 22.2 Å². The van der Waals surface area contributed by atoms with Gasteiger partial charge in [-0.25, -0.2) is 4.98 Å². The van der Waals surface area contributed by atoms with Gasteiger partial charge in [-0.15, -0.1) is 0 Å². The molecule has 1 unspecified atom stereocenters. The van der Waals surface area contributed by atoms with Gasteiger partial charge in [-0.2, -0.15) is 0 Å². The van der Waals surface area contributed by atoms with Gasteiger partial charge in [0.25, 0.3) is 5.56 Å². The van der Waals surface area contributed by atoms with Crippen LogP contribution in [-0.2, 0) is 6.54 Å². The first kappa shape index (κ1) is 25.5. The number of rotatable bonds is 6. The average Bonchev–Trinajstić information content (AvgIpc) is 3.16. The van der Waals surface area contributed by atoms with Crippen molar-refractivity contribution in [3.05, 3.63) is 110 Å². The number of halogens is 2. The largest absolute Gasteiger partial charge is 0.344 e. The van der Waals surface area contributed by atoms with Crippen LogP contribution in [-0.4, -0.2) is 32.4 Å². The van der Waals surface area contributed by atoms with Crippen LogP contribution >= 0.6 is 23.2 Å². The molecule has 1 aliphatic heterocycles. The lowest BCUT2D eigenvalue weighted by Crippen LogP contribution is -2.42. The summed E-state index contributed by atoms with van der Waals surface area (Å²) in [6.45, 7) is 9.68. The highest BCUT2D eigenvalue weighted by Crippen LogP contribution is 2.36. The molecule has 0 bridgehead atoms. The minimum atomic E-state index is -0.310. The zero-order chi connectivity index (χ0) is 26.3. The van der Waals surface area contributed by atoms with Crippen LogP contribution in [0, 0.1) is 5.92 Å². The molecule has 4 aromatic rings. The molecule has 5 nitrogen and oxygen atoms in total. The Morgan fingerprint density at radius 3 is 2.38 bits per heavy atom. The van der Waals surface area contributed by atoms with E-state index in [1.54, 1.807) is 18.2 Å². The average molecular weight is 534 g/mol. The Kier molecular flexibility index (Phi) is 6.86. The highest BCUT2D eigenvalue weighted by molar-refractivity contribution is 6.31. The maximum atomic E-state index is 13.9. The first-order chi connectivity index (χ1) is 17.6. The number of aliphatic imine (C=N–C) groups is 1. The van der Waals surface area contributed by atoms with Crippen LogP contribution in [0.5, 0.6) is 0 Å². The SMILES string of the molecule is CC(C)C(c1nc2cc(Cl)ccc2c(=O)n1Cc1ccccc1)N1CC(C)(C)N=C1c1cccc(Cl)c1. The number of benzene rings is 3. The van der Waals surface area contributed by atoms with E-state index in [0.717, 1.165) is 17.0 Å². The number of amidine groups is 1. The van der Waals surface area contributed by atoms with Crippen LogP contribution in [0.3, 0.4) is 0 Å². The maximum Gasteiger partial charge on any atom is 0.261 e. The molecular formula is C30H30Cl2N4O. The van der Waals surface area contributed by atoms with Crippen molar-refractivity contribution in [2.24, 2.45) is 10.9 Å². The van der Waals surface area contributed by atoms with E-state index in [0.29, 0.717) is 39.9 Å². The van der Waals surface area contributed by atoms with Gasteiger partial charge in [0.15, 0.2) is 0 Å². The molecule has 1 atom stereocenters. The summed E-state index contributed by atoms with van der Waals surface area (Å²) in [7, 11) is 0. The van der Waals surface area contributed by atoms with Gasteiger partial charge in [-0.1, -0.05) is 79.5 Å². The zero-order valence-electron chi connectivity index (χ0n) is 21.5. The highest BCUT2D eigenvalue weighted by atomic mass is 35.5. The molecule has 0 spiro atoms. The Hall–Kier alpha value is -3.15. The van der Waals surface area contributed by atoms with E-state index in [4.69, 9.17) is 33.2 Å². The molecule has 2 heterocycles. The second-order valence-electron chi connectivity index (χ2n) is 10.6. The minimum Gasteiger partial charge on any atom is -0.344 e. The van der Waals surface area contributed by atoms with E-state index in [2.05, 4.69) is 32.6 Å².